The largest absolute Gasteiger partial charge is 0.384 e. The van der Waals surface area contributed by atoms with Gasteiger partial charge in [-0.1, -0.05) is 18.8 Å². The van der Waals surface area contributed by atoms with Crippen molar-refractivity contribution in [3.63, 3.8) is 0 Å². The average Bonchev–Trinajstić information content (AvgIpc) is 3.12. The van der Waals surface area contributed by atoms with Gasteiger partial charge in [0.1, 0.15) is 11.5 Å². The fourth-order valence-electron chi connectivity index (χ4n) is 2.03. The summed E-state index contributed by atoms with van der Waals surface area (Å²) in [6.07, 6.45) is 3.89. The van der Waals surface area contributed by atoms with Crippen LogP contribution in [-0.2, 0) is 10.0 Å². The van der Waals surface area contributed by atoms with Gasteiger partial charge >= 0.3 is 0 Å². The SMILES string of the molecule is CC1CC1CN(C)S(=O)(=O)c1cncc(C#CCO)c1. The molecule has 20 heavy (non-hydrogen) atoms. The molecule has 0 spiro atoms. The van der Waals surface area contributed by atoms with E-state index >= 15 is 0 Å². The molecule has 0 bridgehead atoms. The van der Waals surface area contributed by atoms with Crippen molar-refractivity contribution in [2.45, 2.75) is 18.2 Å². The molecule has 1 N–H and O–H groups in total. The molecule has 6 heteroatoms. The molecule has 0 aromatic carbocycles. The van der Waals surface area contributed by atoms with Gasteiger partial charge in [-0.2, -0.15) is 0 Å². The maximum atomic E-state index is 12.4. The number of nitrogens with zero attached hydrogens (tertiary/aromatic N) is 2. The van der Waals surface area contributed by atoms with Crippen molar-refractivity contribution in [1.82, 2.24) is 9.29 Å². The van der Waals surface area contributed by atoms with Crippen molar-refractivity contribution in [3.8, 4) is 11.8 Å². The highest BCUT2D eigenvalue weighted by molar-refractivity contribution is 7.89. The van der Waals surface area contributed by atoms with Gasteiger partial charge in [-0.05, 0) is 24.3 Å². The number of hydrogen-bond acceptors (Lipinski definition) is 4. The van der Waals surface area contributed by atoms with Gasteiger partial charge in [-0.15, -0.1) is 0 Å². The molecule has 5 nitrogen and oxygen atoms in total. The average molecular weight is 294 g/mol. The van der Waals surface area contributed by atoms with E-state index in [9.17, 15) is 8.42 Å². The van der Waals surface area contributed by atoms with Crippen LogP contribution in [0.4, 0.5) is 0 Å². The molecular formula is C14H18N2O3S. The van der Waals surface area contributed by atoms with Gasteiger partial charge in [0.15, 0.2) is 0 Å². The Morgan fingerprint density at radius 2 is 2.20 bits per heavy atom. The molecule has 1 heterocycles. The quantitative estimate of drug-likeness (QED) is 0.830. The Morgan fingerprint density at radius 1 is 1.50 bits per heavy atom. The highest BCUT2D eigenvalue weighted by atomic mass is 32.2. The lowest BCUT2D eigenvalue weighted by atomic mass is 10.3. The summed E-state index contributed by atoms with van der Waals surface area (Å²) < 4.78 is 26.2. The molecule has 1 fully saturated rings. The van der Waals surface area contributed by atoms with Gasteiger partial charge < -0.3 is 5.11 Å². The second kappa shape index (κ2) is 5.92. The summed E-state index contributed by atoms with van der Waals surface area (Å²) in [5.41, 5.74) is 0.480. The Bertz CT molecular complexity index is 646. The van der Waals surface area contributed by atoms with E-state index in [1.165, 1.54) is 22.8 Å². The van der Waals surface area contributed by atoms with E-state index in [-0.39, 0.29) is 11.5 Å². The minimum absolute atomic E-state index is 0.137. The molecule has 2 unspecified atom stereocenters. The Morgan fingerprint density at radius 3 is 2.80 bits per heavy atom. The standard InChI is InChI=1S/C14H18N2O3S/c1-11-6-13(11)10-16(2)20(18,19)14-7-12(4-3-5-17)8-15-9-14/h7-9,11,13,17H,5-6,10H2,1-2H3. The number of aromatic nitrogens is 1. The maximum absolute atomic E-state index is 12.4. The normalized spacial score (nSPS) is 21.4. The van der Waals surface area contributed by atoms with E-state index < -0.39 is 10.0 Å². The highest BCUT2D eigenvalue weighted by Crippen LogP contribution is 2.38. The second-order valence-corrected chi connectivity index (χ2v) is 7.17. The Hall–Kier alpha value is -1.42. The van der Waals surface area contributed by atoms with E-state index in [0.717, 1.165) is 6.42 Å². The first kappa shape index (κ1) is 15.0. The predicted molar refractivity (Wildman–Crippen MR) is 75.3 cm³/mol. The first-order valence-electron chi connectivity index (χ1n) is 6.46. The van der Waals surface area contributed by atoms with Crippen LogP contribution in [0, 0.1) is 23.7 Å². The Kier molecular flexibility index (Phi) is 4.43. The zero-order chi connectivity index (χ0) is 14.8. The molecule has 1 aromatic rings. The van der Waals surface area contributed by atoms with Crippen molar-refractivity contribution in [2.75, 3.05) is 20.2 Å². The summed E-state index contributed by atoms with van der Waals surface area (Å²) in [5.74, 6) is 6.20. The predicted octanol–water partition coefficient (Wildman–Crippen LogP) is 0.702. The van der Waals surface area contributed by atoms with Gasteiger partial charge in [0.2, 0.25) is 10.0 Å². The summed E-state index contributed by atoms with van der Waals surface area (Å²) >= 11 is 0. The van der Waals surface area contributed by atoms with E-state index in [0.29, 0.717) is 23.9 Å². The molecular weight excluding hydrogens is 276 g/mol. The number of hydrogen-bond donors (Lipinski definition) is 1. The zero-order valence-corrected chi connectivity index (χ0v) is 12.4. The summed E-state index contributed by atoms with van der Waals surface area (Å²) in [5, 5.41) is 8.66. The van der Waals surface area contributed by atoms with Crippen molar-refractivity contribution < 1.29 is 13.5 Å². The van der Waals surface area contributed by atoms with Crippen molar-refractivity contribution in [1.29, 1.82) is 0 Å². The van der Waals surface area contributed by atoms with Crippen LogP contribution in [0.3, 0.4) is 0 Å². The fourth-order valence-corrected chi connectivity index (χ4v) is 3.25. The molecule has 1 aliphatic carbocycles. The first-order chi connectivity index (χ1) is 9.45. The van der Waals surface area contributed by atoms with E-state index in [2.05, 4.69) is 23.7 Å². The first-order valence-corrected chi connectivity index (χ1v) is 7.90. The lowest BCUT2D eigenvalue weighted by Crippen LogP contribution is -2.29. The van der Waals surface area contributed by atoms with Gasteiger partial charge in [0, 0.05) is 31.5 Å². The minimum Gasteiger partial charge on any atom is -0.384 e. The summed E-state index contributed by atoms with van der Waals surface area (Å²) in [4.78, 5) is 4.04. The van der Waals surface area contributed by atoms with Gasteiger partial charge in [0.05, 0.1) is 0 Å². The van der Waals surface area contributed by atoms with Gasteiger partial charge in [0.25, 0.3) is 0 Å². The molecule has 1 saturated carbocycles. The molecule has 0 amide bonds. The number of aliphatic hydroxyl groups excluding tert-OH is 1. The number of sulfonamides is 1. The molecule has 0 radical (unpaired) electrons. The topological polar surface area (TPSA) is 70.5 Å². The summed E-state index contributed by atoms with van der Waals surface area (Å²) in [6.45, 7) is 2.39. The molecule has 2 atom stereocenters. The Balaban J connectivity index is 2.20. The monoisotopic (exact) mass is 294 g/mol. The minimum atomic E-state index is -3.52. The third-order valence-corrected chi connectivity index (χ3v) is 5.29. The van der Waals surface area contributed by atoms with Crippen LogP contribution in [0.5, 0.6) is 0 Å². The second-order valence-electron chi connectivity index (χ2n) is 5.13. The summed E-state index contributed by atoms with van der Waals surface area (Å²) in [7, 11) is -1.93. The van der Waals surface area contributed by atoms with Crippen LogP contribution in [0.1, 0.15) is 18.9 Å². The van der Waals surface area contributed by atoms with Crippen LogP contribution in [-0.4, -0.2) is 43.0 Å². The fraction of sp³-hybridized carbons (Fsp3) is 0.500. The van der Waals surface area contributed by atoms with Crippen molar-refractivity contribution in [2.24, 2.45) is 11.8 Å². The zero-order valence-electron chi connectivity index (χ0n) is 11.6. The molecule has 1 aromatic heterocycles. The van der Waals surface area contributed by atoms with E-state index in [1.807, 2.05) is 0 Å². The van der Waals surface area contributed by atoms with E-state index in [1.54, 1.807) is 7.05 Å². The molecule has 108 valence electrons. The lowest BCUT2D eigenvalue weighted by molar-refractivity contribution is 0.350. The number of rotatable bonds is 4. The van der Waals surface area contributed by atoms with Crippen LogP contribution < -0.4 is 0 Å². The molecule has 2 rings (SSSR count). The van der Waals surface area contributed by atoms with Crippen LogP contribution in [0.25, 0.3) is 0 Å². The third kappa shape index (κ3) is 3.37. The molecule has 0 saturated heterocycles. The van der Waals surface area contributed by atoms with Crippen molar-refractivity contribution >= 4 is 10.0 Å². The van der Waals surface area contributed by atoms with Gasteiger partial charge in [-0.25, -0.2) is 12.7 Å². The third-order valence-electron chi connectivity index (χ3n) is 3.50. The van der Waals surface area contributed by atoms with Crippen LogP contribution in [0.15, 0.2) is 23.4 Å². The number of pyridine rings is 1. The smallest absolute Gasteiger partial charge is 0.244 e. The van der Waals surface area contributed by atoms with Gasteiger partial charge in [-0.3, -0.25) is 4.98 Å². The highest BCUT2D eigenvalue weighted by Gasteiger charge is 2.36. The summed E-state index contributed by atoms with van der Waals surface area (Å²) in [6, 6.07) is 1.48. The van der Waals surface area contributed by atoms with Crippen molar-refractivity contribution in [3.05, 3.63) is 24.0 Å². The van der Waals surface area contributed by atoms with Crippen LogP contribution in [0.2, 0.25) is 0 Å². The molecule has 0 aliphatic heterocycles. The Labute approximate surface area is 119 Å². The molecule has 1 aliphatic rings. The number of aliphatic hydroxyl groups is 1. The van der Waals surface area contributed by atoms with Crippen LogP contribution >= 0.6 is 0 Å². The lowest BCUT2D eigenvalue weighted by Gasteiger charge is -2.16. The maximum Gasteiger partial charge on any atom is 0.244 e. The van der Waals surface area contributed by atoms with E-state index in [4.69, 9.17) is 5.11 Å².